The summed E-state index contributed by atoms with van der Waals surface area (Å²) in [6.45, 7) is 0. The van der Waals surface area contributed by atoms with Crippen molar-refractivity contribution in [1.29, 1.82) is 0 Å². The van der Waals surface area contributed by atoms with E-state index >= 15 is 0 Å². The first kappa shape index (κ1) is 11.1. The Morgan fingerprint density at radius 1 is 1.24 bits per heavy atom. The molecule has 0 atom stereocenters. The molecule has 0 fully saturated rings. The maximum absolute atomic E-state index is 11.3. The lowest BCUT2D eigenvalue weighted by Crippen LogP contribution is -2.05. The number of aromatic hydroxyl groups is 1. The third-order valence-corrected chi connectivity index (χ3v) is 2.18. The Morgan fingerprint density at radius 3 is 2.59 bits per heavy atom. The molecular weight excluding hydrogens is 220 g/mol. The standard InChI is InChI=1S/C12H10N2O3/c1-17-12(16)10-6-7-13-11(14-10)8-2-4-9(15)5-3-8/h2-7,15H,1H3. The first-order chi connectivity index (χ1) is 8.20. The number of ether oxygens (including phenoxy) is 1. The van der Waals surface area contributed by atoms with E-state index in [1.165, 1.54) is 31.5 Å². The van der Waals surface area contributed by atoms with Crippen molar-refractivity contribution in [2.75, 3.05) is 7.11 Å². The van der Waals surface area contributed by atoms with Gasteiger partial charge in [0.25, 0.3) is 0 Å². The zero-order valence-electron chi connectivity index (χ0n) is 9.12. The van der Waals surface area contributed by atoms with Gasteiger partial charge in [0.05, 0.1) is 7.11 Å². The molecule has 0 saturated carbocycles. The monoisotopic (exact) mass is 230 g/mol. The molecule has 1 aromatic heterocycles. The molecule has 2 aromatic rings. The van der Waals surface area contributed by atoms with E-state index in [1.807, 2.05) is 0 Å². The Balaban J connectivity index is 2.39. The lowest BCUT2D eigenvalue weighted by Gasteiger charge is -2.02. The number of esters is 1. The molecule has 5 nitrogen and oxygen atoms in total. The average molecular weight is 230 g/mol. The second-order valence-corrected chi connectivity index (χ2v) is 3.30. The number of nitrogens with zero attached hydrogens (tertiary/aromatic N) is 2. The summed E-state index contributed by atoms with van der Waals surface area (Å²) >= 11 is 0. The SMILES string of the molecule is COC(=O)c1ccnc(-c2ccc(O)cc2)n1. The van der Waals surface area contributed by atoms with E-state index in [1.54, 1.807) is 12.1 Å². The number of methoxy groups -OCH3 is 1. The predicted molar refractivity (Wildman–Crippen MR) is 60.5 cm³/mol. The predicted octanol–water partition coefficient (Wildman–Crippen LogP) is 1.64. The molecule has 0 bridgehead atoms. The van der Waals surface area contributed by atoms with E-state index in [2.05, 4.69) is 14.7 Å². The van der Waals surface area contributed by atoms with Crippen LogP contribution in [0.3, 0.4) is 0 Å². The van der Waals surface area contributed by atoms with Crippen LogP contribution in [0.25, 0.3) is 11.4 Å². The van der Waals surface area contributed by atoms with Gasteiger partial charge in [-0.05, 0) is 30.3 Å². The molecule has 0 aliphatic heterocycles. The topological polar surface area (TPSA) is 72.3 Å². The van der Waals surface area contributed by atoms with E-state index in [0.29, 0.717) is 11.4 Å². The van der Waals surface area contributed by atoms with Gasteiger partial charge in [0, 0.05) is 11.8 Å². The molecule has 1 heterocycles. The number of rotatable bonds is 2. The zero-order chi connectivity index (χ0) is 12.3. The van der Waals surface area contributed by atoms with Gasteiger partial charge in [-0.2, -0.15) is 0 Å². The summed E-state index contributed by atoms with van der Waals surface area (Å²) in [4.78, 5) is 19.4. The van der Waals surface area contributed by atoms with Gasteiger partial charge in [-0.3, -0.25) is 0 Å². The van der Waals surface area contributed by atoms with Gasteiger partial charge in [-0.25, -0.2) is 14.8 Å². The lowest BCUT2D eigenvalue weighted by molar-refractivity contribution is 0.0594. The van der Waals surface area contributed by atoms with E-state index in [-0.39, 0.29) is 11.4 Å². The van der Waals surface area contributed by atoms with Crippen LogP contribution in [-0.2, 0) is 4.74 Å². The van der Waals surface area contributed by atoms with Crippen LogP contribution in [0.4, 0.5) is 0 Å². The number of hydrogen-bond donors (Lipinski definition) is 1. The zero-order valence-corrected chi connectivity index (χ0v) is 9.12. The Bertz CT molecular complexity index is 538. The minimum Gasteiger partial charge on any atom is -0.508 e. The molecule has 1 aromatic carbocycles. The Hall–Kier alpha value is -2.43. The van der Waals surface area contributed by atoms with Crippen molar-refractivity contribution in [3.8, 4) is 17.1 Å². The summed E-state index contributed by atoms with van der Waals surface area (Å²) in [5.74, 6) is 0.0678. The fourth-order valence-corrected chi connectivity index (χ4v) is 1.33. The number of carbonyl (C=O) groups excluding carboxylic acids is 1. The highest BCUT2D eigenvalue weighted by Gasteiger charge is 2.09. The van der Waals surface area contributed by atoms with Gasteiger partial charge < -0.3 is 9.84 Å². The van der Waals surface area contributed by atoms with Crippen molar-refractivity contribution in [2.24, 2.45) is 0 Å². The van der Waals surface area contributed by atoms with Crippen LogP contribution < -0.4 is 0 Å². The highest BCUT2D eigenvalue weighted by atomic mass is 16.5. The molecule has 86 valence electrons. The molecule has 0 spiro atoms. The lowest BCUT2D eigenvalue weighted by atomic mass is 10.2. The van der Waals surface area contributed by atoms with Crippen LogP contribution >= 0.6 is 0 Å². The summed E-state index contributed by atoms with van der Waals surface area (Å²) in [5.41, 5.74) is 0.916. The first-order valence-electron chi connectivity index (χ1n) is 4.91. The van der Waals surface area contributed by atoms with Crippen molar-refractivity contribution in [1.82, 2.24) is 9.97 Å². The highest BCUT2D eigenvalue weighted by Crippen LogP contribution is 2.18. The molecule has 2 rings (SSSR count). The summed E-state index contributed by atoms with van der Waals surface area (Å²) in [6, 6.07) is 7.89. The Labute approximate surface area is 97.7 Å². The van der Waals surface area contributed by atoms with Crippen LogP contribution in [0.2, 0.25) is 0 Å². The van der Waals surface area contributed by atoms with Gasteiger partial charge in [-0.1, -0.05) is 0 Å². The number of phenolic OH excluding ortho intramolecular Hbond substituents is 1. The minimum absolute atomic E-state index is 0.165. The van der Waals surface area contributed by atoms with Gasteiger partial charge in [0.1, 0.15) is 5.75 Å². The maximum atomic E-state index is 11.3. The third kappa shape index (κ3) is 2.39. The number of carbonyl (C=O) groups is 1. The van der Waals surface area contributed by atoms with E-state index in [0.717, 1.165) is 0 Å². The van der Waals surface area contributed by atoms with Crippen LogP contribution in [0.15, 0.2) is 36.5 Å². The molecule has 5 heteroatoms. The third-order valence-electron chi connectivity index (χ3n) is 2.18. The largest absolute Gasteiger partial charge is 0.508 e. The van der Waals surface area contributed by atoms with Gasteiger partial charge in [-0.15, -0.1) is 0 Å². The van der Waals surface area contributed by atoms with E-state index < -0.39 is 5.97 Å². The van der Waals surface area contributed by atoms with Crippen LogP contribution in [0.5, 0.6) is 5.75 Å². The first-order valence-corrected chi connectivity index (χ1v) is 4.91. The smallest absolute Gasteiger partial charge is 0.356 e. The molecule has 0 radical (unpaired) electrons. The fourth-order valence-electron chi connectivity index (χ4n) is 1.33. The molecule has 0 aliphatic carbocycles. The fraction of sp³-hybridized carbons (Fsp3) is 0.0833. The van der Waals surface area contributed by atoms with E-state index in [9.17, 15) is 4.79 Å². The maximum Gasteiger partial charge on any atom is 0.356 e. The number of phenols is 1. The molecule has 17 heavy (non-hydrogen) atoms. The van der Waals surface area contributed by atoms with Crippen molar-refractivity contribution >= 4 is 5.97 Å². The summed E-state index contributed by atoms with van der Waals surface area (Å²) in [7, 11) is 1.30. The van der Waals surface area contributed by atoms with Gasteiger partial charge in [0.15, 0.2) is 11.5 Å². The molecule has 0 amide bonds. The van der Waals surface area contributed by atoms with Crippen LogP contribution in [0, 0.1) is 0 Å². The van der Waals surface area contributed by atoms with E-state index in [4.69, 9.17) is 5.11 Å². The van der Waals surface area contributed by atoms with Crippen molar-refractivity contribution in [3.05, 3.63) is 42.2 Å². The molecular formula is C12H10N2O3. The van der Waals surface area contributed by atoms with Crippen LogP contribution in [0.1, 0.15) is 10.5 Å². The average Bonchev–Trinajstić information content (AvgIpc) is 2.39. The summed E-state index contributed by atoms with van der Waals surface area (Å²) < 4.78 is 4.58. The summed E-state index contributed by atoms with van der Waals surface area (Å²) in [5, 5.41) is 9.17. The molecule has 1 N–H and O–H groups in total. The molecule has 0 unspecified atom stereocenters. The minimum atomic E-state index is -0.507. The van der Waals surface area contributed by atoms with Gasteiger partial charge in [0.2, 0.25) is 0 Å². The van der Waals surface area contributed by atoms with Gasteiger partial charge >= 0.3 is 5.97 Å². The van der Waals surface area contributed by atoms with Crippen LogP contribution in [-0.4, -0.2) is 28.2 Å². The quantitative estimate of drug-likeness (QED) is 0.794. The van der Waals surface area contributed by atoms with Crippen molar-refractivity contribution < 1.29 is 14.6 Å². The number of aromatic nitrogens is 2. The molecule has 0 aliphatic rings. The van der Waals surface area contributed by atoms with Crippen molar-refractivity contribution in [2.45, 2.75) is 0 Å². The second-order valence-electron chi connectivity index (χ2n) is 3.30. The number of hydrogen-bond acceptors (Lipinski definition) is 5. The second kappa shape index (κ2) is 4.61. The Morgan fingerprint density at radius 2 is 1.94 bits per heavy atom. The Kier molecular flexibility index (Phi) is 3.00. The summed E-state index contributed by atoms with van der Waals surface area (Å²) in [6.07, 6.45) is 1.49. The molecule has 0 saturated heterocycles. The highest BCUT2D eigenvalue weighted by molar-refractivity contribution is 5.87. The normalized spacial score (nSPS) is 9.94. The number of benzene rings is 1. The van der Waals surface area contributed by atoms with Crippen molar-refractivity contribution in [3.63, 3.8) is 0 Å².